The topological polar surface area (TPSA) is 68.9 Å². The number of carboxylic acids is 1. The summed E-state index contributed by atoms with van der Waals surface area (Å²) in [6.45, 7) is 0. The fourth-order valence-corrected chi connectivity index (χ4v) is 2.79. The zero-order valence-corrected chi connectivity index (χ0v) is 11.4. The van der Waals surface area contributed by atoms with Crippen molar-refractivity contribution in [2.45, 2.75) is 0 Å². The minimum Gasteiger partial charge on any atom is -0.478 e. The Kier molecular flexibility index (Phi) is 2.56. The van der Waals surface area contributed by atoms with Gasteiger partial charge < -0.3 is 15.1 Å². The third kappa shape index (κ3) is 1.79. The number of aromatic carboxylic acids is 1. The fourth-order valence-electron chi connectivity index (χ4n) is 2.79. The van der Waals surface area contributed by atoms with E-state index in [1.807, 2.05) is 6.20 Å². The molecule has 4 aromatic rings. The summed E-state index contributed by atoms with van der Waals surface area (Å²) in [4.78, 5) is 17.4. The van der Waals surface area contributed by atoms with Crippen molar-refractivity contribution in [3.8, 4) is 11.1 Å². The van der Waals surface area contributed by atoms with Crippen LogP contribution in [0.5, 0.6) is 0 Å². The van der Waals surface area contributed by atoms with Crippen molar-refractivity contribution in [3.05, 3.63) is 60.2 Å². The van der Waals surface area contributed by atoms with Gasteiger partial charge in [0.25, 0.3) is 0 Å². The van der Waals surface area contributed by atoms with Crippen LogP contribution in [0.2, 0.25) is 0 Å². The van der Waals surface area contributed by atoms with E-state index in [9.17, 15) is 9.18 Å². The van der Waals surface area contributed by atoms with Crippen LogP contribution in [0.15, 0.2) is 48.8 Å². The molecule has 4 nitrogen and oxygen atoms in total. The van der Waals surface area contributed by atoms with E-state index in [-0.39, 0.29) is 11.4 Å². The number of aromatic amines is 2. The van der Waals surface area contributed by atoms with Gasteiger partial charge in [-0.25, -0.2) is 9.18 Å². The predicted octanol–water partition coefficient (Wildman–Crippen LogP) is 4.15. The molecule has 0 bridgehead atoms. The zero-order valence-electron chi connectivity index (χ0n) is 11.4. The van der Waals surface area contributed by atoms with E-state index in [0.29, 0.717) is 0 Å². The number of aromatic nitrogens is 2. The maximum atomic E-state index is 13.5. The second kappa shape index (κ2) is 4.46. The molecule has 2 aromatic carbocycles. The van der Waals surface area contributed by atoms with Gasteiger partial charge in [0, 0.05) is 45.3 Å². The zero-order chi connectivity index (χ0) is 15.3. The number of carboxylic acid groups (broad SMARTS) is 1. The molecule has 0 saturated carbocycles. The highest BCUT2D eigenvalue weighted by atomic mass is 19.1. The Morgan fingerprint density at radius 1 is 0.909 bits per heavy atom. The van der Waals surface area contributed by atoms with E-state index in [4.69, 9.17) is 5.11 Å². The van der Waals surface area contributed by atoms with Crippen LogP contribution in [0, 0.1) is 5.82 Å². The Hall–Kier alpha value is -3.08. The molecule has 0 spiro atoms. The third-order valence-corrected chi connectivity index (χ3v) is 3.86. The molecule has 4 rings (SSSR count). The third-order valence-electron chi connectivity index (χ3n) is 3.86. The number of hydrogen-bond donors (Lipinski definition) is 3. The molecule has 0 saturated heterocycles. The second-order valence-electron chi connectivity index (χ2n) is 5.16. The van der Waals surface area contributed by atoms with Crippen molar-refractivity contribution in [2.75, 3.05) is 0 Å². The number of carbonyl (C=O) groups is 1. The van der Waals surface area contributed by atoms with E-state index in [2.05, 4.69) is 9.97 Å². The molecule has 2 heterocycles. The van der Waals surface area contributed by atoms with E-state index in [1.165, 1.54) is 12.1 Å². The highest BCUT2D eigenvalue weighted by molar-refractivity contribution is 6.06. The van der Waals surface area contributed by atoms with Gasteiger partial charge in [0.05, 0.1) is 5.56 Å². The van der Waals surface area contributed by atoms with Crippen LogP contribution < -0.4 is 0 Å². The molecule has 108 valence electrons. The maximum Gasteiger partial charge on any atom is 0.335 e. The van der Waals surface area contributed by atoms with Crippen LogP contribution >= 0.6 is 0 Å². The number of nitrogens with one attached hydrogen (secondary N) is 2. The summed E-state index contributed by atoms with van der Waals surface area (Å²) in [7, 11) is 0. The van der Waals surface area contributed by atoms with E-state index in [0.717, 1.165) is 32.9 Å². The van der Waals surface area contributed by atoms with Crippen LogP contribution in [0.3, 0.4) is 0 Å². The van der Waals surface area contributed by atoms with E-state index >= 15 is 0 Å². The first-order chi connectivity index (χ1) is 10.6. The molecule has 2 aromatic heterocycles. The molecule has 0 aliphatic rings. The molecule has 0 fully saturated rings. The lowest BCUT2D eigenvalue weighted by Gasteiger charge is -2.00. The number of hydrogen-bond acceptors (Lipinski definition) is 1. The van der Waals surface area contributed by atoms with Gasteiger partial charge in [0.1, 0.15) is 5.82 Å². The highest BCUT2D eigenvalue weighted by Gasteiger charge is 2.13. The minimum atomic E-state index is -0.973. The van der Waals surface area contributed by atoms with Gasteiger partial charge in [-0.05, 0) is 36.4 Å². The molecule has 22 heavy (non-hydrogen) atoms. The van der Waals surface area contributed by atoms with E-state index < -0.39 is 5.97 Å². The smallest absolute Gasteiger partial charge is 0.335 e. The lowest BCUT2D eigenvalue weighted by Crippen LogP contribution is -1.94. The average molecular weight is 294 g/mol. The number of fused-ring (bicyclic) bond motifs is 2. The van der Waals surface area contributed by atoms with E-state index in [1.54, 1.807) is 30.5 Å². The van der Waals surface area contributed by atoms with Crippen molar-refractivity contribution >= 4 is 27.8 Å². The molecular formula is C17H11FN2O2. The Balaban J connectivity index is 2.01. The predicted molar refractivity (Wildman–Crippen MR) is 82.5 cm³/mol. The van der Waals surface area contributed by atoms with Gasteiger partial charge in [-0.3, -0.25) is 0 Å². The second-order valence-corrected chi connectivity index (χ2v) is 5.16. The first-order valence-corrected chi connectivity index (χ1v) is 6.75. The maximum absolute atomic E-state index is 13.5. The summed E-state index contributed by atoms with van der Waals surface area (Å²) in [6, 6.07) is 9.48. The largest absolute Gasteiger partial charge is 0.478 e. The van der Waals surface area contributed by atoms with Crippen LogP contribution in [0.4, 0.5) is 4.39 Å². The Morgan fingerprint density at radius 3 is 2.14 bits per heavy atom. The Labute approximate surface area is 124 Å². The number of benzene rings is 2. The summed E-state index contributed by atoms with van der Waals surface area (Å²) >= 11 is 0. The minimum absolute atomic E-state index is 0.222. The molecule has 0 atom stereocenters. The van der Waals surface area contributed by atoms with Crippen LogP contribution in [-0.2, 0) is 0 Å². The normalized spacial score (nSPS) is 11.3. The molecule has 0 aliphatic heterocycles. The number of H-pyrrole nitrogens is 2. The lowest BCUT2D eigenvalue weighted by atomic mass is 10.0. The summed E-state index contributed by atoms with van der Waals surface area (Å²) in [5.41, 5.74) is 3.57. The van der Waals surface area contributed by atoms with Crippen molar-refractivity contribution in [2.24, 2.45) is 0 Å². The van der Waals surface area contributed by atoms with Crippen molar-refractivity contribution < 1.29 is 14.3 Å². The van der Waals surface area contributed by atoms with Crippen LogP contribution in [0.25, 0.3) is 32.9 Å². The molecule has 5 heteroatoms. The molecule has 3 N–H and O–H groups in total. The first-order valence-electron chi connectivity index (χ1n) is 6.75. The lowest BCUT2D eigenvalue weighted by molar-refractivity contribution is 0.0697. The molecule has 0 radical (unpaired) electrons. The van der Waals surface area contributed by atoms with Crippen molar-refractivity contribution in [3.63, 3.8) is 0 Å². The summed E-state index contributed by atoms with van der Waals surface area (Å²) in [6.07, 6.45) is 3.62. The first kappa shape index (κ1) is 12.6. The summed E-state index contributed by atoms with van der Waals surface area (Å²) in [5.74, 6) is -1.28. The monoisotopic (exact) mass is 294 g/mol. The quantitative estimate of drug-likeness (QED) is 0.519. The summed E-state index contributed by atoms with van der Waals surface area (Å²) in [5, 5.41) is 10.7. The summed E-state index contributed by atoms with van der Waals surface area (Å²) < 4.78 is 13.5. The van der Waals surface area contributed by atoms with Crippen molar-refractivity contribution in [1.29, 1.82) is 0 Å². The number of halogens is 1. The van der Waals surface area contributed by atoms with Gasteiger partial charge in [-0.15, -0.1) is 0 Å². The van der Waals surface area contributed by atoms with Gasteiger partial charge in [0.15, 0.2) is 0 Å². The van der Waals surface area contributed by atoms with Gasteiger partial charge in [-0.1, -0.05) is 0 Å². The molecule has 0 amide bonds. The van der Waals surface area contributed by atoms with Gasteiger partial charge in [-0.2, -0.15) is 0 Å². The highest BCUT2D eigenvalue weighted by Crippen LogP contribution is 2.34. The van der Waals surface area contributed by atoms with Gasteiger partial charge >= 0.3 is 5.97 Å². The van der Waals surface area contributed by atoms with Crippen LogP contribution in [0.1, 0.15) is 10.4 Å². The Bertz CT molecular complexity index is 1030. The average Bonchev–Trinajstić information content (AvgIpc) is 3.09. The molecule has 0 aliphatic carbocycles. The molecule has 0 unspecified atom stereocenters. The van der Waals surface area contributed by atoms with Crippen LogP contribution in [-0.4, -0.2) is 21.0 Å². The fraction of sp³-hybridized carbons (Fsp3) is 0. The number of rotatable bonds is 2. The standard InChI is InChI=1S/C17H11FN2O2/c18-10-2-4-16-12(6-10)14(8-20-16)13-7-19-15-3-1-9(17(21)22)5-11(13)15/h1-8,19-20H,(H,21,22). The van der Waals surface area contributed by atoms with Crippen molar-refractivity contribution in [1.82, 2.24) is 9.97 Å². The Morgan fingerprint density at radius 2 is 1.50 bits per heavy atom. The SMILES string of the molecule is O=C(O)c1ccc2[nH]cc(-c3c[nH]c4ccc(F)cc34)c2c1. The van der Waals surface area contributed by atoms with Gasteiger partial charge in [0.2, 0.25) is 0 Å². The molecular weight excluding hydrogens is 283 g/mol.